The van der Waals surface area contributed by atoms with Crippen LogP contribution in [0.3, 0.4) is 0 Å². The van der Waals surface area contributed by atoms with Crippen molar-refractivity contribution in [1.82, 2.24) is 0 Å². The van der Waals surface area contributed by atoms with Crippen molar-refractivity contribution < 1.29 is 14.6 Å². The molecule has 0 saturated heterocycles. The van der Waals surface area contributed by atoms with Gasteiger partial charge in [0.1, 0.15) is 0 Å². The van der Waals surface area contributed by atoms with Crippen molar-refractivity contribution in [3.05, 3.63) is 0 Å². The van der Waals surface area contributed by atoms with Gasteiger partial charge in [0.15, 0.2) is 0 Å². The molecule has 0 radical (unpaired) electrons. The second-order valence-electron chi connectivity index (χ2n) is 6.62. The van der Waals surface area contributed by atoms with Gasteiger partial charge in [-0.05, 0) is 12.8 Å². The first-order valence-electron chi connectivity index (χ1n) is 10.1. The van der Waals surface area contributed by atoms with E-state index in [0.29, 0.717) is 13.0 Å². The van der Waals surface area contributed by atoms with Crippen LogP contribution in [0.2, 0.25) is 0 Å². The molecular weight excluding hydrogens is 288 g/mol. The van der Waals surface area contributed by atoms with Gasteiger partial charge in [0, 0.05) is 6.42 Å². The Morgan fingerprint density at radius 3 is 1.57 bits per heavy atom. The molecule has 0 aliphatic carbocycles. The molecule has 0 aromatic carbocycles. The van der Waals surface area contributed by atoms with Gasteiger partial charge in [-0.15, -0.1) is 0 Å². The minimum atomic E-state index is -0.210. The number of hydrogen-bond acceptors (Lipinski definition) is 3. The Bertz CT molecular complexity index is 241. The molecule has 23 heavy (non-hydrogen) atoms. The van der Waals surface area contributed by atoms with Crippen LogP contribution in [0.4, 0.5) is 0 Å². The number of carbonyl (C=O) groups is 1. The van der Waals surface area contributed by atoms with E-state index in [4.69, 9.17) is 9.78 Å². The van der Waals surface area contributed by atoms with Crippen molar-refractivity contribution in [3.8, 4) is 0 Å². The zero-order chi connectivity index (χ0) is 17.0. The van der Waals surface area contributed by atoms with Crippen LogP contribution < -0.4 is 0 Å². The summed E-state index contributed by atoms with van der Waals surface area (Å²) < 4.78 is 0. The maximum atomic E-state index is 11.5. The summed E-state index contributed by atoms with van der Waals surface area (Å²) in [6.07, 6.45) is 19.1. The Hall–Kier alpha value is -0.570. The third-order valence-electron chi connectivity index (χ3n) is 4.22. The van der Waals surface area contributed by atoms with E-state index in [1.807, 2.05) is 0 Å². The second-order valence-corrected chi connectivity index (χ2v) is 6.62. The minimum absolute atomic E-state index is 0.210. The van der Waals surface area contributed by atoms with Gasteiger partial charge in [-0.2, -0.15) is 4.89 Å². The van der Waals surface area contributed by atoms with E-state index < -0.39 is 0 Å². The Morgan fingerprint density at radius 1 is 0.609 bits per heavy atom. The number of unbranched alkanes of at least 4 members (excludes halogenated alkanes) is 13. The number of hydrogen-bond donors (Lipinski definition) is 0. The lowest BCUT2D eigenvalue weighted by Gasteiger charge is -2.04. The summed E-state index contributed by atoms with van der Waals surface area (Å²) in [5.41, 5.74) is 0. The molecule has 3 heteroatoms. The fraction of sp³-hybridized carbons (Fsp3) is 0.950. The number of carbonyl (C=O) groups excluding carboxylic acids is 1. The van der Waals surface area contributed by atoms with Crippen molar-refractivity contribution in [2.24, 2.45) is 0 Å². The predicted molar refractivity (Wildman–Crippen MR) is 97.3 cm³/mol. The molecule has 0 heterocycles. The summed E-state index contributed by atoms with van der Waals surface area (Å²) in [6, 6.07) is 0. The van der Waals surface area contributed by atoms with Gasteiger partial charge >= 0.3 is 5.97 Å². The molecule has 0 rings (SSSR count). The van der Waals surface area contributed by atoms with E-state index in [9.17, 15) is 4.79 Å². The summed E-state index contributed by atoms with van der Waals surface area (Å²) >= 11 is 0. The highest BCUT2D eigenvalue weighted by atomic mass is 17.2. The molecule has 0 unspecified atom stereocenters. The highest BCUT2D eigenvalue weighted by Crippen LogP contribution is 2.10. The molecule has 0 atom stereocenters. The second kappa shape index (κ2) is 19.5. The normalized spacial score (nSPS) is 10.9. The lowest BCUT2D eigenvalue weighted by Crippen LogP contribution is -2.06. The maximum Gasteiger partial charge on any atom is 0.342 e. The molecule has 0 aromatic heterocycles. The van der Waals surface area contributed by atoms with Crippen LogP contribution in [-0.2, 0) is 14.6 Å². The van der Waals surface area contributed by atoms with Gasteiger partial charge in [-0.3, -0.25) is 4.89 Å². The topological polar surface area (TPSA) is 35.5 Å². The molecule has 0 aliphatic heterocycles. The fourth-order valence-corrected chi connectivity index (χ4v) is 2.67. The monoisotopic (exact) mass is 328 g/mol. The van der Waals surface area contributed by atoms with E-state index >= 15 is 0 Å². The van der Waals surface area contributed by atoms with Crippen LogP contribution in [0.1, 0.15) is 117 Å². The average molecular weight is 329 g/mol. The first-order valence-corrected chi connectivity index (χ1v) is 10.1. The standard InChI is InChI=1S/C20H40O3/c1-3-5-7-9-11-13-15-17-19-22-23-20(21)18-16-14-12-10-8-6-4-2/h3-19H2,1-2H3. The summed E-state index contributed by atoms with van der Waals surface area (Å²) in [5.74, 6) is -0.210. The Labute approximate surface area is 144 Å². The van der Waals surface area contributed by atoms with Gasteiger partial charge in [-0.25, -0.2) is 4.79 Å². The quantitative estimate of drug-likeness (QED) is 0.159. The molecule has 0 aliphatic rings. The smallest absolute Gasteiger partial charge is 0.298 e. The third kappa shape index (κ3) is 19.4. The van der Waals surface area contributed by atoms with Gasteiger partial charge in [0.25, 0.3) is 0 Å². The zero-order valence-corrected chi connectivity index (χ0v) is 15.7. The lowest BCUT2D eigenvalue weighted by molar-refractivity contribution is -0.272. The molecular formula is C20H40O3. The molecule has 0 saturated carbocycles. The summed E-state index contributed by atoms with van der Waals surface area (Å²) in [7, 11) is 0. The van der Waals surface area contributed by atoms with E-state index in [1.165, 1.54) is 77.0 Å². The van der Waals surface area contributed by atoms with Gasteiger partial charge in [0.05, 0.1) is 6.61 Å². The van der Waals surface area contributed by atoms with Gasteiger partial charge in [0.2, 0.25) is 0 Å². The summed E-state index contributed by atoms with van der Waals surface area (Å²) in [5, 5.41) is 0. The molecule has 0 bridgehead atoms. The SMILES string of the molecule is CCCCCCCCCCOOC(=O)CCCCCCCCC. The minimum Gasteiger partial charge on any atom is -0.298 e. The highest BCUT2D eigenvalue weighted by molar-refractivity contribution is 5.68. The third-order valence-corrected chi connectivity index (χ3v) is 4.22. The van der Waals surface area contributed by atoms with Crippen LogP contribution in [0.5, 0.6) is 0 Å². The van der Waals surface area contributed by atoms with Crippen LogP contribution >= 0.6 is 0 Å². The summed E-state index contributed by atoms with van der Waals surface area (Å²) in [4.78, 5) is 21.3. The first-order chi connectivity index (χ1) is 11.3. The van der Waals surface area contributed by atoms with Gasteiger partial charge in [-0.1, -0.05) is 97.3 Å². The Kier molecular flexibility index (Phi) is 19.0. The highest BCUT2D eigenvalue weighted by Gasteiger charge is 2.03. The molecule has 0 N–H and O–H groups in total. The van der Waals surface area contributed by atoms with Crippen molar-refractivity contribution >= 4 is 5.97 Å². The molecule has 138 valence electrons. The predicted octanol–water partition coefficient (Wildman–Crippen LogP) is 6.74. The molecule has 0 amide bonds. The van der Waals surface area contributed by atoms with Crippen LogP contribution in [-0.4, -0.2) is 12.6 Å². The Balaban J connectivity index is 3.13. The van der Waals surface area contributed by atoms with Crippen molar-refractivity contribution in [1.29, 1.82) is 0 Å². The maximum absolute atomic E-state index is 11.5. The van der Waals surface area contributed by atoms with Crippen LogP contribution in [0.25, 0.3) is 0 Å². The lowest BCUT2D eigenvalue weighted by atomic mass is 10.1. The van der Waals surface area contributed by atoms with Crippen molar-refractivity contribution in [2.75, 3.05) is 6.61 Å². The largest absolute Gasteiger partial charge is 0.342 e. The molecule has 0 spiro atoms. The number of rotatable bonds is 18. The van der Waals surface area contributed by atoms with E-state index in [2.05, 4.69) is 13.8 Å². The van der Waals surface area contributed by atoms with Gasteiger partial charge < -0.3 is 0 Å². The first kappa shape index (κ1) is 22.4. The van der Waals surface area contributed by atoms with Crippen molar-refractivity contribution in [3.63, 3.8) is 0 Å². The fourth-order valence-electron chi connectivity index (χ4n) is 2.67. The van der Waals surface area contributed by atoms with E-state index in [0.717, 1.165) is 19.3 Å². The van der Waals surface area contributed by atoms with Crippen LogP contribution in [0, 0.1) is 0 Å². The van der Waals surface area contributed by atoms with E-state index in [1.54, 1.807) is 0 Å². The molecule has 0 fully saturated rings. The van der Waals surface area contributed by atoms with Crippen LogP contribution in [0.15, 0.2) is 0 Å². The van der Waals surface area contributed by atoms with E-state index in [-0.39, 0.29) is 5.97 Å². The zero-order valence-electron chi connectivity index (χ0n) is 15.7. The molecule has 0 aromatic rings. The summed E-state index contributed by atoms with van der Waals surface area (Å²) in [6.45, 7) is 5.01. The Morgan fingerprint density at radius 2 is 1.04 bits per heavy atom. The molecule has 3 nitrogen and oxygen atoms in total. The average Bonchev–Trinajstić information content (AvgIpc) is 2.55. The van der Waals surface area contributed by atoms with Crippen molar-refractivity contribution in [2.45, 2.75) is 117 Å².